The highest BCUT2D eigenvalue weighted by Crippen LogP contribution is 2.24. The third-order valence-electron chi connectivity index (χ3n) is 4.35. The van der Waals surface area contributed by atoms with Crippen molar-refractivity contribution >= 4 is 50.2 Å². The third-order valence-corrected chi connectivity index (χ3v) is 5.89. The molecule has 0 aliphatic carbocycles. The molecule has 0 saturated carbocycles. The van der Waals surface area contributed by atoms with E-state index in [1.165, 1.54) is 12.3 Å². The number of anilines is 1. The Bertz CT molecular complexity index is 1190. The number of amides is 1. The average Bonchev–Trinajstić information content (AvgIpc) is 2.68. The number of carbonyl (C=O) groups excluding carboxylic acids is 1. The van der Waals surface area contributed by atoms with Crippen LogP contribution in [0.4, 0.5) is 5.69 Å². The Morgan fingerprint density at radius 2 is 1.86 bits per heavy atom. The molecule has 0 spiro atoms. The summed E-state index contributed by atoms with van der Waals surface area (Å²) < 4.78 is 25.3. The normalized spacial score (nSPS) is 11.7. The minimum atomic E-state index is -3.69. The van der Waals surface area contributed by atoms with Crippen molar-refractivity contribution in [3.63, 3.8) is 0 Å². The van der Waals surface area contributed by atoms with E-state index in [1.54, 1.807) is 12.1 Å². The van der Waals surface area contributed by atoms with Gasteiger partial charge in [0.2, 0.25) is 10.0 Å². The van der Waals surface area contributed by atoms with Crippen LogP contribution in [0.1, 0.15) is 11.1 Å². The molecule has 0 fully saturated rings. The first-order valence-corrected chi connectivity index (χ1v) is 11.0. The number of nitrogens with one attached hydrogen (secondary N) is 1. The number of benzene rings is 3. The molecule has 1 N–H and O–H groups in total. The largest absolute Gasteiger partial charge is 0.271 e. The van der Waals surface area contributed by atoms with E-state index in [4.69, 9.17) is 11.6 Å². The molecule has 0 bridgehead atoms. The number of hydrazone groups is 1. The summed E-state index contributed by atoms with van der Waals surface area (Å²) in [6.07, 6.45) is 2.57. The zero-order valence-electron chi connectivity index (χ0n) is 16.0. The third kappa shape index (κ3) is 5.13. The first-order valence-electron chi connectivity index (χ1n) is 8.79. The maximum absolute atomic E-state index is 12.3. The molecular weight excluding hydrogens is 410 g/mol. The highest BCUT2D eigenvalue weighted by Gasteiger charge is 2.21. The molecule has 8 heteroatoms. The summed E-state index contributed by atoms with van der Waals surface area (Å²) in [4.78, 5) is 12.3. The molecule has 3 aromatic rings. The zero-order chi connectivity index (χ0) is 21.0. The summed E-state index contributed by atoms with van der Waals surface area (Å²) in [5.41, 5.74) is 4.36. The number of halogens is 1. The van der Waals surface area contributed by atoms with Crippen molar-refractivity contribution in [3.05, 3.63) is 76.8 Å². The Kier molecular flexibility index (Phi) is 6.20. The molecule has 29 heavy (non-hydrogen) atoms. The number of carbonyl (C=O) groups is 1. The monoisotopic (exact) mass is 429 g/mol. The summed E-state index contributed by atoms with van der Waals surface area (Å²) in [6, 6.07) is 18.4. The molecule has 0 radical (unpaired) electrons. The lowest BCUT2D eigenvalue weighted by molar-refractivity contribution is -0.119. The summed E-state index contributed by atoms with van der Waals surface area (Å²) in [7, 11) is -3.69. The van der Waals surface area contributed by atoms with Gasteiger partial charge in [-0.1, -0.05) is 60.1 Å². The zero-order valence-corrected chi connectivity index (χ0v) is 17.5. The lowest BCUT2D eigenvalue weighted by atomic mass is 10.1. The molecular formula is C21H20ClN3O3S. The standard InChI is InChI=1S/C21H20ClN3O3S/c1-15-10-11-18(12-20(15)22)25(29(2,27)28)14-21(26)24-23-13-17-8-5-7-16-6-3-4-9-19(16)17/h3-13H,14H2,1-2H3,(H,24,26)/b23-13-. The molecule has 6 nitrogen and oxygen atoms in total. The van der Waals surface area contributed by atoms with Crippen molar-refractivity contribution < 1.29 is 13.2 Å². The van der Waals surface area contributed by atoms with Crippen LogP contribution in [0.5, 0.6) is 0 Å². The van der Waals surface area contributed by atoms with Crippen LogP contribution in [0.2, 0.25) is 5.02 Å². The van der Waals surface area contributed by atoms with Crippen molar-refractivity contribution in [1.82, 2.24) is 5.43 Å². The highest BCUT2D eigenvalue weighted by molar-refractivity contribution is 7.92. The van der Waals surface area contributed by atoms with Gasteiger partial charge in [0.15, 0.2) is 0 Å². The number of aryl methyl sites for hydroxylation is 1. The number of sulfonamides is 1. The first-order chi connectivity index (χ1) is 13.8. The quantitative estimate of drug-likeness (QED) is 0.479. The maximum atomic E-state index is 12.3. The van der Waals surface area contributed by atoms with Gasteiger partial charge in [0.25, 0.3) is 5.91 Å². The minimum absolute atomic E-state index is 0.316. The summed E-state index contributed by atoms with van der Waals surface area (Å²) in [5.74, 6) is -0.566. The first kappa shape index (κ1) is 20.8. The van der Waals surface area contributed by atoms with Crippen LogP contribution >= 0.6 is 11.6 Å². The van der Waals surface area contributed by atoms with E-state index in [0.717, 1.165) is 32.5 Å². The number of fused-ring (bicyclic) bond motifs is 1. The van der Waals surface area contributed by atoms with Gasteiger partial charge in [-0.3, -0.25) is 9.10 Å². The highest BCUT2D eigenvalue weighted by atomic mass is 35.5. The van der Waals surface area contributed by atoms with Gasteiger partial charge in [-0.2, -0.15) is 5.10 Å². The van der Waals surface area contributed by atoms with Crippen LogP contribution in [-0.4, -0.2) is 33.3 Å². The molecule has 0 aliphatic rings. The summed E-state index contributed by atoms with van der Waals surface area (Å²) in [5, 5.41) is 6.46. The molecule has 0 aliphatic heterocycles. The van der Waals surface area contributed by atoms with Gasteiger partial charge in [-0.15, -0.1) is 0 Å². The lowest BCUT2D eigenvalue weighted by Gasteiger charge is -2.21. The molecule has 0 aromatic heterocycles. The average molecular weight is 430 g/mol. The van der Waals surface area contributed by atoms with E-state index in [0.29, 0.717) is 10.7 Å². The van der Waals surface area contributed by atoms with Crippen molar-refractivity contribution in [1.29, 1.82) is 0 Å². The Labute approximate surface area is 174 Å². The van der Waals surface area contributed by atoms with E-state index >= 15 is 0 Å². The van der Waals surface area contributed by atoms with Crippen LogP contribution in [0.15, 0.2) is 65.8 Å². The van der Waals surface area contributed by atoms with Crippen LogP contribution in [0, 0.1) is 6.92 Å². The lowest BCUT2D eigenvalue weighted by Crippen LogP contribution is -2.39. The van der Waals surface area contributed by atoms with Crippen molar-refractivity contribution in [2.75, 3.05) is 17.1 Å². The van der Waals surface area contributed by atoms with Crippen LogP contribution < -0.4 is 9.73 Å². The number of nitrogens with zero attached hydrogens (tertiary/aromatic N) is 2. The molecule has 150 valence electrons. The Morgan fingerprint density at radius 3 is 2.59 bits per heavy atom. The Morgan fingerprint density at radius 1 is 1.14 bits per heavy atom. The minimum Gasteiger partial charge on any atom is -0.271 e. The van der Waals surface area contributed by atoms with Gasteiger partial charge in [-0.05, 0) is 35.4 Å². The van der Waals surface area contributed by atoms with Crippen LogP contribution in [0.3, 0.4) is 0 Å². The van der Waals surface area contributed by atoms with Gasteiger partial charge < -0.3 is 0 Å². The van der Waals surface area contributed by atoms with E-state index in [1.807, 2.05) is 49.4 Å². The van der Waals surface area contributed by atoms with Crippen molar-refractivity contribution in [2.24, 2.45) is 5.10 Å². The SMILES string of the molecule is Cc1ccc(N(CC(=O)N/N=C\c2cccc3ccccc23)S(C)(=O)=O)cc1Cl. The van der Waals surface area contributed by atoms with E-state index in [2.05, 4.69) is 10.5 Å². The fourth-order valence-electron chi connectivity index (χ4n) is 2.84. The molecule has 0 heterocycles. The van der Waals surface area contributed by atoms with E-state index in [-0.39, 0.29) is 0 Å². The smallest absolute Gasteiger partial charge is 0.260 e. The van der Waals surface area contributed by atoms with Gasteiger partial charge >= 0.3 is 0 Å². The molecule has 3 rings (SSSR count). The number of hydrogen-bond donors (Lipinski definition) is 1. The predicted octanol–water partition coefficient (Wildman–Crippen LogP) is 3.72. The second-order valence-corrected chi connectivity index (χ2v) is 8.88. The van der Waals surface area contributed by atoms with Gasteiger partial charge in [-0.25, -0.2) is 13.8 Å². The fourth-order valence-corrected chi connectivity index (χ4v) is 3.86. The molecule has 0 unspecified atom stereocenters. The Balaban J connectivity index is 1.75. The molecule has 3 aromatic carbocycles. The molecule has 0 saturated heterocycles. The predicted molar refractivity (Wildman–Crippen MR) is 118 cm³/mol. The van der Waals surface area contributed by atoms with Crippen molar-refractivity contribution in [3.8, 4) is 0 Å². The van der Waals surface area contributed by atoms with Crippen LogP contribution in [0.25, 0.3) is 10.8 Å². The van der Waals surface area contributed by atoms with Crippen LogP contribution in [-0.2, 0) is 14.8 Å². The summed E-state index contributed by atoms with van der Waals surface area (Å²) >= 11 is 6.10. The van der Waals surface area contributed by atoms with E-state index < -0.39 is 22.5 Å². The summed E-state index contributed by atoms with van der Waals surface area (Å²) in [6.45, 7) is 1.40. The second-order valence-electron chi connectivity index (χ2n) is 6.56. The Hall–Kier alpha value is -2.90. The molecule has 1 amide bonds. The molecule has 0 atom stereocenters. The number of hydrogen-bond acceptors (Lipinski definition) is 4. The number of rotatable bonds is 6. The topological polar surface area (TPSA) is 78.8 Å². The van der Waals surface area contributed by atoms with Gasteiger partial charge in [0, 0.05) is 10.6 Å². The van der Waals surface area contributed by atoms with E-state index in [9.17, 15) is 13.2 Å². The van der Waals surface area contributed by atoms with Crippen molar-refractivity contribution in [2.45, 2.75) is 6.92 Å². The van der Waals surface area contributed by atoms with Gasteiger partial charge in [0.1, 0.15) is 6.54 Å². The fraction of sp³-hybridized carbons (Fsp3) is 0.143. The maximum Gasteiger partial charge on any atom is 0.260 e. The van der Waals surface area contributed by atoms with Gasteiger partial charge in [0.05, 0.1) is 18.2 Å². The second kappa shape index (κ2) is 8.63.